The molecule has 1 saturated heterocycles. The number of rotatable bonds is 19. The van der Waals surface area contributed by atoms with Crippen molar-refractivity contribution in [2.75, 3.05) is 38.2 Å². The van der Waals surface area contributed by atoms with Crippen molar-refractivity contribution in [3.8, 4) is 11.8 Å². The molecule has 2 aromatic carbocycles. The number of benzene rings is 2. The van der Waals surface area contributed by atoms with Gasteiger partial charge in [0.2, 0.25) is 29.5 Å². The topological polar surface area (TPSA) is 239 Å². The molecule has 3 aliphatic heterocycles. The number of nitrogens with zero attached hydrogens (tertiary/aromatic N) is 2. The largest absolute Gasteiger partial charge is 0.445 e. The van der Waals surface area contributed by atoms with Gasteiger partial charge in [-0.15, -0.1) is 0 Å². The SMILES string of the molecule is C[C@H](NC(=O)CCCCCN1C(=O)C=CC1=O)C(=O)NCC(=O)Nc1ccc(COC(=O)NCCOCCC#Cc2cccc3c2CN(C2CCC(=O)NC2=O)C3=O)cc1. The first kappa shape index (κ1) is 44.2. The lowest BCUT2D eigenvalue weighted by atomic mass is 10.0. The van der Waals surface area contributed by atoms with Gasteiger partial charge in [-0.05, 0) is 61.6 Å². The van der Waals surface area contributed by atoms with Gasteiger partial charge >= 0.3 is 6.09 Å². The van der Waals surface area contributed by atoms with E-state index < -0.39 is 35.9 Å². The molecule has 5 N–H and O–H groups in total. The van der Waals surface area contributed by atoms with Crippen LogP contribution in [0.2, 0.25) is 0 Å². The average Bonchev–Trinajstić information content (AvgIpc) is 3.73. The van der Waals surface area contributed by atoms with E-state index in [1.54, 1.807) is 36.4 Å². The van der Waals surface area contributed by atoms with E-state index >= 15 is 0 Å². The van der Waals surface area contributed by atoms with Crippen LogP contribution in [-0.2, 0) is 56.2 Å². The zero-order valence-electron chi connectivity index (χ0n) is 33.1. The highest BCUT2D eigenvalue weighted by Gasteiger charge is 2.39. The predicted molar refractivity (Wildman–Crippen MR) is 213 cm³/mol. The van der Waals surface area contributed by atoms with Gasteiger partial charge in [0, 0.05) is 67.9 Å². The molecule has 18 nitrogen and oxygen atoms in total. The highest BCUT2D eigenvalue weighted by atomic mass is 16.5. The van der Waals surface area contributed by atoms with Crippen LogP contribution in [0.4, 0.5) is 10.5 Å². The Hall–Kier alpha value is -6.87. The maximum Gasteiger partial charge on any atom is 0.407 e. The number of ether oxygens (including phenoxy) is 2. The molecule has 18 heteroatoms. The minimum Gasteiger partial charge on any atom is -0.445 e. The first-order chi connectivity index (χ1) is 28.9. The molecule has 5 rings (SSSR count). The van der Waals surface area contributed by atoms with Crippen molar-refractivity contribution in [2.45, 2.75) is 77.1 Å². The Morgan fingerprint density at radius 2 is 1.68 bits per heavy atom. The summed E-state index contributed by atoms with van der Waals surface area (Å²) < 4.78 is 10.8. The van der Waals surface area contributed by atoms with Gasteiger partial charge < -0.3 is 35.6 Å². The number of alkyl carbamates (subject to hydrolysis) is 1. The van der Waals surface area contributed by atoms with Crippen LogP contribution in [-0.4, -0.2) is 108 Å². The van der Waals surface area contributed by atoms with Crippen LogP contribution in [0.3, 0.4) is 0 Å². The molecule has 3 heterocycles. The highest BCUT2D eigenvalue weighted by Crippen LogP contribution is 2.29. The minimum atomic E-state index is -0.868. The number of carbonyl (C=O) groups is 9. The Bertz CT molecular complexity index is 2070. The van der Waals surface area contributed by atoms with Crippen molar-refractivity contribution >= 4 is 59.0 Å². The Labute approximate surface area is 346 Å². The second-order valence-corrected chi connectivity index (χ2v) is 14.1. The predicted octanol–water partition coefficient (Wildman–Crippen LogP) is 1.18. The summed E-state index contributed by atoms with van der Waals surface area (Å²) in [6.07, 6.45) is 4.55. The van der Waals surface area contributed by atoms with Gasteiger partial charge in [0.25, 0.3) is 17.7 Å². The molecule has 0 aliphatic carbocycles. The molecule has 0 spiro atoms. The average molecular weight is 826 g/mol. The third kappa shape index (κ3) is 12.8. The van der Waals surface area contributed by atoms with E-state index in [9.17, 15) is 43.2 Å². The van der Waals surface area contributed by atoms with E-state index in [1.165, 1.54) is 24.0 Å². The lowest BCUT2D eigenvalue weighted by molar-refractivity contribution is -0.138. The number of unbranched alkanes of at least 4 members (excludes halogenated alkanes) is 2. The molecule has 0 saturated carbocycles. The molecule has 1 fully saturated rings. The van der Waals surface area contributed by atoms with Crippen molar-refractivity contribution in [1.29, 1.82) is 0 Å². The summed E-state index contributed by atoms with van der Waals surface area (Å²) in [6.45, 7) is 2.43. The van der Waals surface area contributed by atoms with Crippen molar-refractivity contribution in [1.82, 2.24) is 31.1 Å². The molecule has 3 aliphatic rings. The number of fused-ring (bicyclic) bond motifs is 1. The van der Waals surface area contributed by atoms with Gasteiger partial charge in [0.15, 0.2) is 0 Å². The zero-order chi connectivity index (χ0) is 43.0. The molecule has 0 aromatic heterocycles. The number of hydrogen-bond acceptors (Lipinski definition) is 11. The monoisotopic (exact) mass is 825 g/mol. The van der Waals surface area contributed by atoms with E-state index in [0.29, 0.717) is 54.7 Å². The van der Waals surface area contributed by atoms with Crippen molar-refractivity contribution in [2.24, 2.45) is 0 Å². The summed E-state index contributed by atoms with van der Waals surface area (Å²) in [7, 11) is 0. The van der Waals surface area contributed by atoms with Gasteiger partial charge in [-0.1, -0.05) is 36.5 Å². The Morgan fingerprint density at radius 3 is 2.43 bits per heavy atom. The first-order valence-electron chi connectivity index (χ1n) is 19.6. The maximum atomic E-state index is 13.0. The number of anilines is 1. The molecule has 316 valence electrons. The number of piperidine rings is 1. The minimum absolute atomic E-state index is 0.0193. The normalized spacial score (nSPS) is 16.1. The Balaban J connectivity index is 0.887. The van der Waals surface area contributed by atoms with Crippen LogP contribution in [0.1, 0.15) is 78.9 Å². The van der Waals surface area contributed by atoms with Crippen molar-refractivity contribution in [3.05, 3.63) is 76.9 Å². The Kier molecular flexibility index (Phi) is 16.0. The second-order valence-electron chi connectivity index (χ2n) is 14.1. The van der Waals surface area contributed by atoms with E-state index in [1.807, 2.05) is 6.07 Å². The summed E-state index contributed by atoms with van der Waals surface area (Å²) in [5, 5.41) is 12.6. The van der Waals surface area contributed by atoms with Gasteiger partial charge in [0.1, 0.15) is 18.7 Å². The van der Waals surface area contributed by atoms with Crippen molar-refractivity contribution < 1.29 is 52.6 Å². The first-order valence-corrected chi connectivity index (χ1v) is 19.6. The van der Waals surface area contributed by atoms with E-state index in [4.69, 9.17) is 9.47 Å². The zero-order valence-corrected chi connectivity index (χ0v) is 33.1. The molecule has 0 radical (unpaired) electrons. The second kappa shape index (κ2) is 21.8. The maximum absolute atomic E-state index is 13.0. The van der Waals surface area contributed by atoms with E-state index in [0.717, 1.165) is 10.5 Å². The lowest BCUT2D eigenvalue weighted by Gasteiger charge is -2.29. The Morgan fingerprint density at radius 1 is 0.917 bits per heavy atom. The molecule has 0 bridgehead atoms. The number of carbonyl (C=O) groups excluding carboxylic acids is 9. The molecule has 9 amide bonds. The number of nitrogens with one attached hydrogen (secondary N) is 5. The third-order valence-corrected chi connectivity index (χ3v) is 9.68. The van der Waals surface area contributed by atoms with Crippen LogP contribution in [0.25, 0.3) is 0 Å². The summed E-state index contributed by atoms with van der Waals surface area (Å²) >= 11 is 0. The highest BCUT2D eigenvalue weighted by molar-refractivity contribution is 6.12. The van der Waals surface area contributed by atoms with Crippen LogP contribution in [0.15, 0.2) is 54.6 Å². The molecule has 60 heavy (non-hydrogen) atoms. The molecular weight excluding hydrogens is 778 g/mol. The summed E-state index contributed by atoms with van der Waals surface area (Å²) in [4.78, 5) is 112. The van der Waals surface area contributed by atoms with Gasteiger partial charge in [0.05, 0.1) is 19.8 Å². The van der Waals surface area contributed by atoms with Gasteiger partial charge in [-0.25, -0.2) is 4.79 Å². The van der Waals surface area contributed by atoms with Crippen LogP contribution >= 0.6 is 0 Å². The molecule has 2 aromatic rings. The summed E-state index contributed by atoms with van der Waals surface area (Å²) in [5.41, 5.74) is 3.05. The fourth-order valence-electron chi connectivity index (χ4n) is 6.48. The number of amides is 9. The van der Waals surface area contributed by atoms with Gasteiger partial charge in [-0.2, -0.15) is 0 Å². The number of imide groups is 2. The fraction of sp³-hybridized carbons (Fsp3) is 0.405. The molecule has 2 atom stereocenters. The smallest absolute Gasteiger partial charge is 0.407 e. The van der Waals surface area contributed by atoms with E-state index in [2.05, 4.69) is 38.4 Å². The van der Waals surface area contributed by atoms with E-state index in [-0.39, 0.29) is 88.2 Å². The quantitative estimate of drug-likeness (QED) is 0.0766. The van der Waals surface area contributed by atoms with Crippen molar-refractivity contribution in [3.63, 3.8) is 0 Å². The van der Waals surface area contributed by atoms with Crippen LogP contribution < -0.4 is 26.6 Å². The third-order valence-electron chi connectivity index (χ3n) is 9.68. The lowest BCUT2D eigenvalue weighted by Crippen LogP contribution is -2.52. The molecule has 1 unspecified atom stereocenters. The number of hydrogen-bond donors (Lipinski definition) is 5. The summed E-state index contributed by atoms with van der Waals surface area (Å²) in [6, 6.07) is 10.3. The van der Waals surface area contributed by atoms with Crippen LogP contribution in [0.5, 0.6) is 0 Å². The standard InChI is InChI=1S/C42H47N7O11/c1-27(45-34(50)11-3-2-5-21-48-37(53)18-19-38(48)54)39(55)44-24-36(52)46-30-14-12-28(13-15-30)26-60-42(58)43-20-23-59-22-6-4-8-29-9-7-10-31-32(29)25-49(41(31)57)33-16-17-35(51)47-40(33)56/h7,9-10,12-15,18-19,27,33H,2-3,5-6,11,16-17,20-26H2,1H3,(H,43,58)(H,44,55)(H,45,50)(H,46,52)(H,47,51,56)/t27-,33?/m0/s1. The van der Waals surface area contributed by atoms with Crippen LogP contribution in [0, 0.1) is 11.8 Å². The fourth-order valence-corrected chi connectivity index (χ4v) is 6.48. The molecular formula is C42H47N7O11. The summed E-state index contributed by atoms with van der Waals surface area (Å²) in [5.74, 6) is 3.01. The van der Waals surface area contributed by atoms with Gasteiger partial charge in [-0.3, -0.25) is 48.6 Å².